The van der Waals surface area contributed by atoms with E-state index in [0.29, 0.717) is 19.1 Å². The normalized spacial score (nSPS) is 12.7. The van der Waals surface area contributed by atoms with E-state index in [0.717, 1.165) is 50.5 Å². The Bertz CT molecular complexity index is 485. The molecular weight excluding hydrogens is 328 g/mol. The number of methoxy groups -OCH3 is 1. The molecule has 0 aliphatic heterocycles. The molecule has 0 aromatic heterocycles. The summed E-state index contributed by atoms with van der Waals surface area (Å²) in [7, 11) is 1.70. The molecule has 0 aliphatic rings. The number of nitrogens with zero attached hydrogens (tertiary/aromatic N) is 1. The first-order valence-electron chi connectivity index (χ1n) is 9.68. The number of rotatable bonds is 13. The summed E-state index contributed by atoms with van der Waals surface area (Å²) in [6, 6.07) is 8.32. The summed E-state index contributed by atoms with van der Waals surface area (Å²) in [5.41, 5.74) is 2.26. The Balaban J connectivity index is 2.53. The van der Waals surface area contributed by atoms with Crippen molar-refractivity contribution < 1.29 is 9.84 Å². The summed E-state index contributed by atoms with van der Waals surface area (Å²) in [5.74, 6) is 1.31. The Kier molecular flexibility index (Phi) is 12.3. The van der Waals surface area contributed by atoms with Crippen molar-refractivity contribution in [3.63, 3.8) is 0 Å². The van der Waals surface area contributed by atoms with Gasteiger partial charge in [-0.1, -0.05) is 25.5 Å². The fourth-order valence-corrected chi connectivity index (χ4v) is 2.72. The molecular formula is C20H36N4O2. The summed E-state index contributed by atoms with van der Waals surface area (Å²) >= 11 is 0. The van der Waals surface area contributed by atoms with Crippen molar-refractivity contribution in [2.24, 2.45) is 10.9 Å². The van der Waals surface area contributed by atoms with Crippen LogP contribution in [0.4, 0.5) is 5.69 Å². The highest BCUT2D eigenvalue weighted by molar-refractivity contribution is 5.79. The maximum atomic E-state index is 9.19. The van der Waals surface area contributed by atoms with Crippen LogP contribution < -0.4 is 16.0 Å². The number of hydrogen-bond acceptors (Lipinski definition) is 4. The molecule has 0 fully saturated rings. The second kappa shape index (κ2) is 14.4. The lowest BCUT2D eigenvalue weighted by atomic mass is 10.0. The summed E-state index contributed by atoms with van der Waals surface area (Å²) in [6.07, 6.45) is 3.08. The van der Waals surface area contributed by atoms with Gasteiger partial charge in [-0.3, -0.25) is 0 Å². The topological polar surface area (TPSA) is 77.9 Å². The molecule has 0 aliphatic carbocycles. The SMILES string of the molecule is CCCC(CCO)CNC(=NCc1ccc(NCCOC)cc1)NCC. The molecule has 26 heavy (non-hydrogen) atoms. The summed E-state index contributed by atoms with van der Waals surface area (Å²) in [5, 5.41) is 19.2. The van der Waals surface area contributed by atoms with Gasteiger partial charge < -0.3 is 25.8 Å². The predicted octanol–water partition coefficient (Wildman–Crippen LogP) is 2.60. The smallest absolute Gasteiger partial charge is 0.191 e. The molecule has 0 spiro atoms. The van der Waals surface area contributed by atoms with Crippen LogP contribution in [-0.4, -0.2) is 51.0 Å². The second-order valence-electron chi connectivity index (χ2n) is 6.36. The molecule has 1 aromatic carbocycles. The van der Waals surface area contributed by atoms with Crippen LogP contribution >= 0.6 is 0 Å². The monoisotopic (exact) mass is 364 g/mol. The van der Waals surface area contributed by atoms with Crippen molar-refractivity contribution in [1.82, 2.24) is 10.6 Å². The number of benzene rings is 1. The minimum Gasteiger partial charge on any atom is -0.396 e. The van der Waals surface area contributed by atoms with Crippen LogP contribution in [0.3, 0.4) is 0 Å². The van der Waals surface area contributed by atoms with E-state index in [-0.39, 0.29) is 6.61 Å². The average Bonchev–Trinajstić information content (AvgIpc) is 2.65. The highest BCUT2D eigenvalue weighted by Gasteiger charge is 2.08. The molecule has 0 amide bonds. The number of anilines is 1. The Labute approximate surface area is 158 Å². The lowest BCUT2D eigenvalue weighted by Gasteiger charge is -2.18. The molecule has 4 N–H and O–H groups in total. The minimum atomic E-state index is 0.241. The van der Waals surface area contributed by atoms with Crippen molar-refractivity contribution in [1.29, 1.82) is 0 Å². The lowest BCUT2D eigenvalue weighted by molar-refractivity contribution is 0.211. The number of aliphatic hydroxyl groups excluding tert-OH is 1. The van der Waals surface area contributed by atoms with Crippen molar-refractivity contribution in [3.8, 4) is 0 Å². The van der Waals surface area contributed by atoms with Gasteiger partial charge in [0.2, 0.25) is 0 Å². The van der Waals surface area contributed by atoms with Crippen LogP contribution in [0.5, 0.6) is 0 Å². The molecule has 6 nitrogen and oxygen atoms in total. The summed E-state index contributed by atoms with van der Waals surface area (Å²) < 4.78 is 5.04. The predicted molar refractivity (Wildman–Crippen MR) is 110 cm³/mol. The first kappa shape index (κ1) is 22.3. The van der Waals surface area contributed by atoms with Crippen molar-refractivity contribution in [3.05, 3.63) is 29.8 Å². The van der Waals surface area contributed by atoms with Gasteiger partial charge in [0.05, 0.1) is 13.2 Å². The standard InChI is InChI=1S/C20H36N4O2/c1-4-6-17(11-13-25)15-23-20(21-5-2)24-16-18-7-9-19(10-8-18)22-12-14-26-3/h7-10,17,22,25H,4-6,11-16H2,1-3H3,(H2,21,23,24). The fourth-order valence-electron chi connectivity index (χ4n) is 2.72. The van der Waals surface area contributed by atoms with E-state index in [1.165, 1.54) is 5.56 Å². The largest absolute Gasteiger partial charge is 0.396 e. The zero-order valence-electron chi connectivity index (χ0n) is 16.6. The Morgan fingerprint density at radius 3 is 2.54 bits per heavy atom. The van der Waals surface area contributed by atoms with Gasteiger partial charge in [-0.2, -0.15) is 0 Å². The first-order chi connectivity index (χ1) is 12.7. The molecule has 1 rings (SSSR count). The maximum Gasteiger partial charge on any atom is 0.191 e. The van der Waals surface area contributed by atoms with Crippen LogP contribution in [0.2, 0.25) is 0 Å². The van der Waals surface area contributed by atoms with E-state index >= 15 is 0 Å². The van der Waals surface area contributed by atoms with Gasteiger partial charge in [0.25, 0.3) is 0 Å². The lowest BCUT2D eigenvalue weighted by Crippen LogP contribution is -2.40. The first-order valence-corrected chi connectivity index (χ1v) is 9.68. The van der Waals surface area contributed by atoms with Gasteiger partial charge in [-0.25, -0.2) is 4.99 Å². The third-order valence-corrected chi connectivity index (χ3v) is 4.15. The minimum absolute atomic E-state index is 0.241. The molecule has 6 heteroatoms. The van der Waals surface area contributed by atoms with Crippen LogP contribution in [0, 0.1) is 5.92 Å². The molecule has 0 bridgehead atoms. The van der Waals surface area contributed by atoms with Gasteiger partial charge in [0.1, 0.15) is 0 Å². The Morgan fingerprint density at radius 2 is 1.92 bits per heavy atom. The van der Waals surface area contributed by atoms with E-state index in [1.807, 2.05) is 0 Å². The van der Waals surface area contributed by atoms with Gasteiger partial charge >= 0.3 is 0 Å². The van der Waals surface area contributed by atoms with Crippen LogP contribution in [0.1, 0.15) is 38.7 Å². The molecule has 0 heterocycles. The number of hydrogen-bond donors (Lipinski definition) is 4. The molecule has 1 aromatic rings. The molecule has 0 radical (unpaired) electrons. The summed E-state index contributed by atoms with van der Waals surface area (Å²) in [4.78, 5) is 4.67. The zero-order chi connectivity index (χ0) is 19.0. The van der Waals surface area contributed by atoms with Crippen molar-refractivity contribution >= 4 is 11.6 Å². The second-order valence-corrected chi connectivity index (χ2v) is 6.36. The number of guanidine groups is 1. The Hall–Kier alpha value is -1.79. The van der Waals surface area contributed by atoms with E-state index in [9.17, 15) is 5.11 Å². The number of ether oxygens (including phenoxy) is 1. The van der Waals surface area contributed by atoms with Crippen LogP contribution in [0.25, 0.3) is 0 Å². The van der Waals surface area contributed by atoms with Crippen molar-refractivity contribution in [2.75, 3.05) is 45.3 Å². The van der Waals surface area contributed by atoms with Crippen LogP contribution in [-0.2, 0) is 11.3 Å². The van der Waals surface area contributed by atoms with E-state index in [2.05, 4.69) is 59.1 Å². The molecule has 1 atom stereocenters. The molecule has 0 saturated heterocycles. The van der Waals surface area contributed by atoms with E-state index in [4.69, 9.17) is 4.74 Å². The van der Waals surface area contributed by atoms with Gasteiger partial charge in [0, 0.05) is 39.0 Å². The van der Waals surface area contributed by atoms with Gasteiger partial charge in [-0.05, 0) is 43.4 Å². The molecule has 1 unspecified atom stereocenters. The molecule has 148 valence electrons. The van der Waals surface area contributed by atoms with E-state index in [1.54, 1.807) is 7.11 Å². The average molecular weight is 365 g/mol. The van der Waals surface area contributed by atoms with E-state index < -0.39 is 0 Å². The highest BCUT2D eigenvalue weighted by atomic mass is 16.5. The van der Waals surface area contributed by atoms with Gasteiger partial charge in [-0.15, -0.1) is 0 Å². The number of aliphatic hydroxyl groups is 1. The van der Waals surface area contributed by atoms with Crippen molar-refractivity contribution in [2.45, 2.75) is 39.7 Å². The highest BCUT2D eigenvalue weighted by Crippen LogP contribution is 2.11. The Morgan fingerprint density at radius 1 is 1.15 bits per heavy atom. The maximum absolute atomic E-state index is 9.19. The van der Waals surface area contributed by atoms with Crippen LogP contribution in [0.15, 0.2) is 29.3 Å². The fraction of sp³-hybridized carbons (Fsp3) is 0.650. The third-order valence-electron chi connectivity index (χ3n) is 4.15. The van der Waals surface area contributed by atoms with Gasteiger partial charge in [0.15, 0.2) is 5.96 Å². The molecule has 0 saturated carbocycles. The zero-order valence-corrected chi connectivity index (χ0v) is 16.6. The summed E-state index contributed by atoms with van der Waals surface area (Å²) in [6.45, 7) is 8.27. The third kappa shape index (κ3) is 9.63. The quantitative estimate of drug-likeness (QED) is 0.246. The number of nitrogens with one attached hydrogen (secondary N) is 3. The number of aliphatic imine (C=N–C) groups is 1.